The molecule has 0 N–H and O–H groups in total. The van der Waals surface area contributed by atoms with E-state index in [9.17, 15) is 37.4 Å². The van der Waals surface area contributed by atoms with Gasteiger partial charge in [-0.2, -0.15) is 13.2 Å². The van der Waals surface area contributed by atoms with E-state index in [1.807, 2.05) is 0 Å². The Bertz CT molecular complexity index is 818. The van der Waals surface area contributed by atoms with Crippen LogP contribution in [0.2, 0.25) is 0 Å². The summed E-state index contributed by atoms with van der Waals surface area (Å²) in [5.41, 5.74) is -2.07. The zero-order valence-electron chi connectivity index (χ0n) is 12.8. The van der Waals surface area contributed by atoms with E-state index in [1.165, 1.54) is 0 Å². The molecule has 1 atom stereocenters. The lowest BCUT2D eigenvalue weighted by Crippen LogP contribution is -2.40. The quantitative estimate of drug-likeness (QED) is 0.162. The van der Waals surface area contributed by atoms with Crippen LogP contribution < -0.4 is 4.74 Å². The zero-order valence-corrected chi connectivity index (χ0v) is 13.6. The lowest BCUT2D eigenvalue weighted by Gasteiger charge is -2.41. The number of fused-ring (bicyclic) bond motifs is 1. The van der Waals surface area contributed by atoms with E-state index in [0.29, 0.717) is 12.1 Å². The lowest BCUT2D eigenvalue weighted by atomic mass is 10.0. The van der Waals surface area contributed by atoms with Gasteiger partial charge in [0.2, 0.25) is 6.10 Å². The summed E-state index contributed by atoms with van der Waals surface area (Å²) in [4.78, 5) is 13.6. The molecule has 1 aromatic rings. The van der Waals surface area contributed by atoms with Gasteiger partial charge in [-0.1, -0.05) is 24.6 Å². The minimum Gasteiger partial charge on any atom is -0.475 e. The number of alkyl halides is 3. The molecular formula is C13H9F8NO4S. The van der Waals surface area contributed by atoms with E-state index in [1.54, 1.807) is 0 Å². The Kier molecular flexibility index (Phi) is 4.42. The molecule has 0 radical (unpaired) electrons. The third-order valence-electron chi connectivity index (χ3n) is 3.13. The van der Waals surface area contributed by atoms with Crippen LogP contribution in [-0.4, -0.2) is 31.8 Å². The Balaban J connectivity index is 2.52. The van der Waals surface area contributed by atoms with Gasteiger partial charge in [0.25, 0.3) is 6.79 Å². The molecule has 152 valence electrons. The monoisotopic (exact) mass is 427 g/mol. The minimum absolute atomic E-state index is 0.103. The van der Waals surface area contributed by atoms with Gasteiger partial charge in [-0.3, -0.25) is 0 Å². The molecule has 0 aliphatic carbocycles. The molecule has 0 amide bonds. The molecule has 0 unspecified atom stereocenters. The average molecular weight is 427 g/mol. The maximum atomic E-state index is 13.1. The smallest absolute Gasteiger partial charge is 0.430 e. The predicted octanol–water partition coefficient (Wildman–Crippen LogP) is 5.18. The van der Waals surface area contributed by atoms with Gasteiger partial charge < -0.3 is 14.3 Å². The summed E-state index contributed by atoms with van der Waals surface area (Å²) < 4.78 is 112. The van der Waals surface area contributed by atoms with Gasteiger partial charge >= 0.3 is 22.4 Å². The highest BCUT2D eigenvalue weighted by atomic mass is 32.5. The number of benzene rings is 1. The summed E-state index contributed by atoms with van der Waals surface area (Å²) in [7, 11) is -10.1. The summed E-state index contributed by atoms with van der Waals surface area (Å²) >= 11 is 0. The predicted molar refractivity (Wildman–Crippen MR) is 77.9 cm³/mol. The van der Waals surface area contributed by atoms with Crippen LogP contribution in [0, 0.1) is 0 Å². The Morgan fingerprint density at radius 2 is 1.85 bits per heavy atom. The van der Waals surface area contributed by atoms with Crippen LogP contribution in [0.3, 0.4) is 0 Å². The van der Waals surface area contributed by atoms with Gasteiger partial charge in [0.15, 0.2) is 0 Å². The molecule has 27 heavy (non-hydrogen) atoms. The third-order valence-corrected chi connectivity index (χ3v) is 4.28. The number of hydrogen-bond acceptors (Lipinski definition) is 5. The molecule has 0 bridgehead atoms. The van der Waals surface area contributed by atoms with Crippen LogP contribution in [0.1, 0.15) is 5.56 Å². The molecule has 5 nitrogen and oxygen atoms in total. The number of carbonyl (C=O) groups excluding carboxylic acids is 1. The van der Waals surface area contributed by atoms with E-state index in [2.05, 4.69) is 26.2 Å². The van der Waals surface area contributed by atoms with Crippen LogP contribution >= 0.6 is 10.2 Å². The highest BCUT2D eigenvalue weighted by Crippen LogP contribution is 3.02. The first kappa shape index (κ1) is 20.8. The maximum absolute atomic E-state index is 13.1. The van der Waals surface area contributed by atoms with Crippen molar-refractivity contribution in [3.05, 3.63) is 29.3 Å². The highest BCUT2D eigenvalue weighted by molar-refractivity contribution is 8.45. The molecule has 14 heteroatoms. The average Bonchev–Trinajstić information content (AvgIpc) is 2.50. The summed E-state index contributed by atoms with van der Waals surface area (Å²) in [5.74, 6) is -2.44. The maximum Gasteiger partial charge on any atom is 0.430 e. The fourth-order valence-electron chi connectivity index (χ4n) is 2.03. The molecule has 0 saturated carbocycles. The Morgan fingerprint density at radius 3 is 2.37 bits per heavy atom. The number of oxime groups is 1. The van der Waals surface area contributed by atoms with Crippen molar-refractivity contribution in [1.29, 1.82) is 0 Å². The molecule has 0 aromatic heterocycles. The molecule has 0 saturated heterocycles. The van der Waals surface area contributed by atoms with Crippen molar-refractivity contribution in [1.82, 2.24) is 0 Å². The second-order valence-electron chi connectivity index (χ2n) is 5.12. The van der Waals surface area contributed by atoms with Crippen molar-refractivity contribution in [2.75, 3.05) is 6.79 Å². The van der Waals surface area contributed by atoms with Gasteiger partial charge in [-0.15, -0.1) is 0 Å². The third kappa shape index (κ3) is 4.81. The first-order valence-corrected chi connectivity index (χ1v) is 8.56. The van der Waals surface area contributed by atoms with Gasteiger partial charge in [0, 0.05) is 12.3 Å². The Hall–Kier alpha value is -2.51. The van der Waals surface area contributed by atoms with E-state index in [0.717, 1.165) is 0 Å². The number of halogens is 8. The fourth-order valence-corrected chi connectivity index (χ4v) is 2.70. The van der Waals surface area contributed by atoms with Crippen molar-refractivity contribution in [3.8, 4) is 5.75 Å². The Labute approximate surface area is 145 Å². The minimum atomic E-state index is -10.1. The van der Waals surface area contributed by atoms with E-state index in [-0.39, 0.29) is 12.1 Å². The first-order chi connectivity index (χ1) is 12.0. The summed E-state index contributed by atoms with van der Waals surface area (Å²) in [6.07, 6.45) is -7.72. The van der Waals surface area contributed by atoms with Crippen molar-refractivity contribution >= 4 is 29.0 Å². The normalized spacial score (nSPS) is 19.6. The molecule has 2 rings (SSSR count). The van der Waals surface area contributed by atoms with Crippen LogP contribution in [0.5, 0.6) is 5.75 Å². The molecule has 0 spiro atoms. The number of hydrogen-bond donors (Lipinski definition) is 0. The fraction of sp³-hybridized carbons (Fsp3) is 0.231. The zero-order chi connectivity index (χ0) is 20.7. The number of ether oxygens (including phenoxy) is 2. The SMILES string of the molecule is C=NOCOC(=O)C1=Cc2cc(S(F)(F)(F)(F)F)ccc2O[C@@H]1C(F)(F)F. The topological polar surface area (TPSA) is 57.1 Å². The second kappa shape index (κ2) is 5.74. The van der Waals surface area contributed by atoms with Crippen molar-refractivity contribution < 1.29 is 51.7 Å². The molecule has 1 heterocycles. The van der Waals surface area contributed by atoms with E-state index < -0.39 is 57.0 Å². The summed E-state index contributed by atoms with van der Waals surface area (Å²) in [6, 6.07) is 0.0950. The van der Waals surface area contributed by atoms with E-state index >= 15 is 0 Å². The molecular weight excluding hydrogens is 418 g/mol. The summed E-state index contributed by atoms with van der Waals surface area (Å²) in [5, 5.41) is 2.81. The van der Waals surface area contributed by atoms with Crippen LogP contribution in [0.4, 0.5) is 32.6 Å². The van der Waals surface area contributed by atoms with Crippen LogP contribution in [-0.2, 0) is 14.4 Å². The molecule has 1 aliphatic rings. The molecule has 1 aliphatic heterocycles. The highest BCUT2D eigenvalue weighted by Gasteiger charge is 2.65. The van der Waals surface area contributed by atoms with Crippen LogP contribution in [0.15, 0.2) is 33.8 Å². The number of rotatable bonds is 5. The standard InChI is InChI=1S/C13H9F8NO4S/c1-22-25-6-24-12(23)9-5-7-4-8(27(17,18,19,20)21)2-3-10(7)26-11(9)13(14,15)16/h2-5,11H,1,6H2/t11-/m0/s1. The number of esters is 1. The van der Waals surface area contributed by atoms with Crippen LogP contribution in [0.25, 0.3) is 6.08 Å². The first-order valence-electron chi connectivity index (χ1n) is 6.61. The molecule has 0 fully saturated rings. The van der Waals surface area contributed by atoms with Gasteiger partial charge in [-0.25, -0.2) is 4.79 Å². The van der Waals surface area contributed by atoms with Crippen molar-refractivity contribution in [2.45, 2.75) is 17.2 Å². The van der Waals surface area contributed by atoms with Crippen molar-refractivity contribution in [3.63, 3.8) is 0 Å². The Morgan fingerprint density at radius 1 is 1.22 bits per heavy atom. The number of nitrogens with zero attached hydrogens (tertiary/aromatic N) is 1. The van der Waals surface area contributed by atoms with E-state index in [4.69, 9.17) is 0 Å². The van der Waals surface area contributed by atoms with Gasteiger partial charge in [0.1, 0.15) is 10.6 Å². The second-order valence-corrected chi connectivity index (χ2v) is 7.52. The number of carbonyl (C=O) groups is 1. The van der Waals surface area contributed by atoms with Gasteiger partial charge in [0.05, 0.1) is 5.57 Å². The van der Waals surface area contributed by atoms with Gasteiger partial charge in [-0.05, 0) is 24.3 Å². The van der Waals surface area contributed by atoms with Crippen molar-refractivity contribution in [2.24, 2.45) is 5.16 Å². The summed E-state index contributed by atoms with van der Waals surface area (Å²) in [6.45, 7) is 1.90. The lowest BCUT2D eigenvalue weighted by molar-refractivity contribution is -0.189. The largest absolute Gasteiger partial charge is 0.475 e. The molecule has 1 aromatic carbocycles.